The average Bonchev–Trinajstić information content (AvgIpc) is 2.67. The summed E-state index contributed by atoms with van der Waals surface area (Å²) in [5.41, 5.74) is 1.79. The lowest BCUT2D eigenvalue weighted by Gasteiger charge is -2.36. The predicted molar refractivity (Wildman–Crippen MR) is 104 cm³/mol. The van der Waals surface area contributed by atoms with Crippen LogP contribution in [0.2, 0.25) is 0 Å². The number of morpholine rings is 1. The summed E-state index contributed by atoms with van der Waals surface area (Å²) < 4.78 is 5.37. The summed E-state index contributed by atoms with van der Waals surface area (Å²) in [4.78, 5) is 29.3. The Hall–Kier alpha value is -2.08. The first kappa shape index (κ1) is 18.3. The highest BCUT2D eigenvalue weighted by Gasteiger charge is 2.29. The first-order valence-electron chi connectivity index (χ1n) is 10.2. The molecule has 2 saturated heterocycles. The van der Waals surface area contributed by atoms with E-state index in [1.807, 2.05) is 29.2 Å². The van der Waals surface area contributed by atoms with Crippen molar-refractivity contribution in [1.82, 2.24) is 10.2 Å². The van der Waals surface area contributed by atoms with Gasteiger partial charge in [0.25, 0.3) is 5.91 Å². The van der Waals surface area contributed by atoms with Gasteiger partial charge in [0.15, 0.2) is 0 Å². The molecule has 3 aliphatic rings. The SMILES string of the molecule is O=C(NC1CCN(c2ccccc2C(=O)N2CCOCC2)CC1)C1CCC1. The van der Waals surface area contributed by atoms with Gasteiger partial charge in [-0.15, -0.1) is 0 Å². The second-order valence-corrected chi connectivity index (χ2v) is 7.82. The van der Waals surface area contributed by atoms with E-state index in [0.29, 0.717) is 26.3 Å². The molecule has 4 rings (SSSR count). The molecule has 3 fully saturated rings. The van der Waals surface area contributed by atoms with Crippen LogP contribution in [0.1, 0.15) is 42.5 Å². The van der Waals surface area contributed by atoms with E-state index in [1.165, 1.54) is 6.42 Å². The van der Waals surface area contributed by atoms with Crippen LogP contribution in [0.15, 0.2) is 24.3 Å². The number of anilines is 1. The summed E-state index contributed by atoms with van der Waals surface area (Å²) in [5.74, 6) is 0.576. The van der Waals surface area contributed by atoms with Gasteiger partial charge in [-0.05, 0) is 37.8 Å². The zero-order valence-corrected chi connectivity index (χ0v) is 15.9. The Morgan fingerprint density at radius 3 is 2.33 bits per heavy atom. The van der Waals surface area contributed by atoms with Crippen LogP contribution in [-0.2, 0) is 9.53 Å². The summed E-state index contributed by atoms with van der Waals surface area (Å²) in [5, 5.41) is 3.23. The first-order chi connectivity index (χ1) is 13.2. The van der Waals surface area contributed by atoms with E-state index in [-0.39, 0.29) is 23.8 Å². The van der Waals surface area contributed by atoms with Crippen LogP contribution in [0.4, 0.5) is 5.69 Å². The number of carbonyl (C=O) groups is 2. The third-order valence-corrected chi connectivity index (χ3v) is 6.09. The van der Waals surface area contributed by atoms with Crippen LogP contribution in [0, 0.1) is 5.92 Å². The second-order valence-electron chi connectivity index (χ2n) is 7.82. The molecule has 2 aliphatic heterocycles. The van der Waals surface area contributed by atoms with Crippen LogP contribution in [-0.4, -0.2) is 62.1 Å². The lowest BCUT2D eigenvalue weighted by atomic mass is 9.84. The average molecular weight is 371 g/mol. The summed E-state index contributed by atoms with van der Waals surface area (Å²) in [6.07, 6.45) is 5.13. The molecule has 0 aromatic heterocycles. The van der Waals surface area contributed by atoms with Gasteiger partial charge in [0, 0.05) is 43.8 Å². The van der Waals surface area contributed by atoms with Gasteiger partial charge in [0.2, 0.25) is 5.91 Å². The van der Waals surface area contributed by atoms with Crippen LogP contribution in [0.5, 0.6) is 0 Å². The van der Waals surface area contributed by atoms with Crippen molar-refractivity contribution in [2.45, 2.75) is 38.1 Å². The number of nitrogens with zero attached hydrogens (tertiary/aromatic N) is 2. The molecule has 27 heavy (non-hydrogen) atoms. The zero-order valence-electron chi connectivity index (χ0n) is 15.9. The molecule has 1 N–H and O–H groups in total. The van der Waals surface area contributed by atoms with E-state index in [0.717, 1.165) is 50.0 Å². The van der Waals surface area contributed by atoms with Crippen molar-refractivity contribution in [3.63, 3.8) is 0 Å². The highest BCUT2D eigenvalue weighted by Crippen LogP contribution is 2.28. The van der Waals surface area contributed by atoms with Crippen molar-refractivity contribution in [2.24, 2.45) is 5.92 Å². The fourth-order valence-corrected chi connectivity index (χ4v) is 4.12. The molecule has 6 nitrogen and oxygen atoms in total. The quantitative estimate of drug-likeness (QED) is 0.880. The molecule has 1 aromatic carbocycles. The normalized spacial score (nSPS) is 21.6. The highest BCUT2D eigenvalue weighted by atomic mass is 16.5. The summed E-state index contributed by atoms with van der Waals surface area (Å²) in [7, 11) is 0. The Kier molecular flexibility index (Phi) is 5.62. The Bertz CT molecular complexity index is 675. The summed E-state index contributed by atoms with van der Waals surface area (Å²) in [6.45, 7) is 4.26. The molecular weight excluding hydrogens is 342 g/mol. The molecule has 1 aromatic rings. The number of benzene rings is 1. The fraction of sp³-hybridized carbons (Fsp3) is 0.619. The van der Waals surface area contributed by atoms with E-state index in [2.05, 4.69) is 10.2 Å². The van der Waals surface area contributed by atoms with Gasteiger partial charge in [-0.3, -0.25) is 9.59 Å². The van der Waals surface area contributed by atoms with Crippen molar-refractivity contribution in [1.29, 1.82) is 0 Å². The zero-order chi connectivity index (χ0) is 18.6. The lowest BCUT2D eigenvalue weighted by molar-refractivity contribution is -0.128. The van der Waals surface area contributed by atoms with Gasteiger partial charge in [-0.25, -0.2) is 0 Å². The van der Waals surface area contributed by atoms with Crippen LogP contribution < -0.4 is 10.2 Å². The minimum absolute atomic E-state index is 0.0920. The molecule has 6 heteroatoms. The molecule has 146 valence electrons. The molecule has 1 saturated carbocycles. The number of rotatable bonds is 4. The maximum Gasteiger partial charge on any atom is 0.256 e. The number of nitrogens with one attached hydrogen (secondary N) is 1. The summed E-state index contributed by atoms with van der Waals surface area (Å²) in [6, 6.07) is 8.16. The van der Waals surface area contributed by atoms with E-state index in [9.17, 15) is 9.59 Å². The molecular formula is C21H29N3O3. The topological polar surface area (TPSA) is 61.9 Å². The van der Waals surface area contributed by atoms with E-state index in [4.69, 9.17) is 4.74 Å². The van der Waals surface area contributed by atoms with E-state index in [1.54, 1.807) is 0 Å². The van der Waals surface area contributed by atoms with Gasteiger partial charge >= 0.3 is 0 Å². The Labute approximate surface area is 160 Å². The van der Waals surface area contributed by atoms with Crippen LogP contribution >= 0.6 is 0 Å². The third kappa shape index (κ3) is 4.10. The fourth-order valence-electron chi connectivity index (χ4n) is 4.12. The van der Waals surface area contributed by atoms with Crippen molar-refractivity contribution in [3.8, 4) is 0 Å². The summed E-state index contributed by atoms with van der Waals surface area (Å²) >= 11 is 0. The number of carbonyl (C=O) groups excluding carboxylic acids is 2. The Balaban J connectivity index is 1.38. The van der Waals surface area contributed by atoms with Gasteiger partial charge < -0.3 is 19.9 Å². The maximum atomic E-state index is 13.0. The smallest absolute Gasteiger partial charge is 0.256 e. The van der Waals surface area contributed by atoms with Crippen molar-refractivity contribution in [3.05, 3.63) is 29.8 Å². The Morgan fingerprint density at radius 1 is 0.963 bits per heavy atom. The van der Waals surface area contributed by atoms with Gasteiger partial charge in [0.1, 0.15) is 0 Å². The highest BCUT2D eigenvalue weighted by molar-refractivity contribution is 6.00. The third-order valence-electron chi connectivity index (χ3n) is 6.09. The molecule has 0 atom stereocenters. The number of ether oxygens (including phenoxy) is 1. The predicted octanol–water partition coefficient (Wildman–Crippen LogP) is 2.04. The van der Waals surface area contributed by atoms with Gasteiger partial charge in [0.05, 0.1) is 18.8 Å². The molecule has 0 radical (unpaired) electrons. The first-order valence-corrected chi connectivity index (χ1v) is 10.2. The van der Waals surface area contributed by atoms with Crippen LogP contribution in [0.3, 0.4) is 0 Å². The van der Waals surface area contributed by atoms with E-state index < -0.39 is 0 Å². The second kappa shape index (κ2) is 8.30. The van der Waals surface area contributed by atoms with Crippen molar-refractivity contribution < 1.29 is 14.3 Å². The molecule has 0 unspecified atom stereocenters. The van der Waals surface area contributed by atoms with E-state index >= 15 is 0 Å². The number of hydrogen-bond acceptors (Lipinski definition) is 4. The monoisotopic (exact) mass is 371 g/mol. The largest absolute Gasteiger partial charge is 0.378 e. The van der Waals surface area contributed by atoms with Crippen molar-refractivity contribution in [2.75, 3.05) is 44.3 Å². The molecule has 2 heterocycles. The number of piperidine rings is 1. The lowest BCUT2D eigenvalue weighted by Crippen LogP contribution is -2.47. The van der Waals surface area contributed by atoms with Gasteiger partial charge in [-0.1, -0.05) is 18.6 Å². The molecule has 1 aliphatic carbocycles. The Morgan fingerprint density at radius 2 is 1.67 bits per heavy atom. The minimum atomic E-state index is 0.0920. The number of hydrogen-bond donors (Lipinski definition) is 1. The molecule has 0 spiro atoms. The number of para-hydroxylation sites is 1. The number of amides is 2. The van der Waals surface area contributed by atoms with Crippen molar-refractivity contribution >= 4 is 17.5 Å². The maximum absolute atomic E-state index is 13.0. The minimum Gasteiger partial charge on any atom is -0.378 e. The molecule has 2 amide bonds. The van der Waals surface area contributed by atoms with Crippen LogP contribution in [0.25, 0.3) is 0 Å². The standard InChI is InChI=1S/C21H29N3O3/c25-20(16-4-3-5-16)22-17-8-10-23(11-9-17)19-7-2-1-6-18(19)21(26)24-12-14-27-15-13-24/h1-2,6-7,16-17H,3-5,8-15H2,(H,22,25). The molecule has 0 bridgehead atoms. The van der Waals surface area contributed by atoms with Gasteiger partial charge in [-0.2, -0.15) is 0 Å².